The molecule has 1 rings (SSSR count). The highest BCUT2D eigenvalue weighted by Crippen LogP contribution is 2.51. The molecule has 0 saturated carbocycles. The van der Waals surface area contributed by atoms with Crippen LogP contribution in [-0.4, -0.2) is 41.1 Å². The van der Waals surface area contributed by atoms with Gasteiger partial charge in [-0.3, -0.25) is 19.6 Å². The third-order valence-corrected chi connectivity index (χ3v) is 3.71. The summed E-state index contributed by atoms with van der Waals surface area (Å²) < 4.78 is 142. The summed E-state index contributed by atoms with van der Waals surface area (Å²) >= 11 is 2.50. The van der Waals surface area contributed by atoms with E-state index in [0.29, 0.717) is 18.2 Å². The van der Waals surface area contributed by atoms with Crippen molar-refractivity contribution < 1.29 is 62.7 Å². The van der Waals surface area contributed by atoms with Gasteiger partial charge in [0.25, 0.3) is 11.6 Å². The van der Waals surface area contributed by atoms with E-state index in [1.807, 2.05) is 0 Å². The lowest BCUT2D eigenvalue weighted by atomic mass is 10.2. The number of hydrogen-bond acceptors (Lipinski definition) is 4. The summed E-state index contributed by atoms with van der Waals surface area (Å²) in [5.41, 5.74) is -1.65. The van der Waals surface area contributed by atoms with Crippen molar-refractivity contribution in [3.8, 4) is 0 Å². The Bertz CT molecular complexity index is 842. The fraction of sp³-hybridized carbons (Fsp3) is 0.417. The summed E-state index contributed by atoms with van der Waals surface area (Å²) in [5.74, 6) is -17.0. The van der Waals surface area contributed by atoms with E-state index >= 15 is 0 Å². The number of rotatable bonds is 6. The fourth-order valence-corrected chi connectivity index (χ4v) is 2.03. The van der Waals surface area contributed by atoms with Crippen LogP contribution in [0, 0.1) is 10.1 Å². The molecule has 1 N–H and O–H groups in total. The normalized spacial score (nSPS) is 15.5. The lowest BCUT2D eigenvalue weighted by Gasteiger charge is -2.34. The highest BCUT2D eigenvalue weighted by atomic mass is 79.9. The molecular formula is C12H4BrF11N2O4. The van der Waals surface area contributed by atoms with E-state index in [2.05, 4.69) is 20.7 Å². The van der Waals surface area contributed by atoms with Crippen molar-refractivity contribution in [1.82, 2.24) is 0 Å². The number of carbonyl (C=O) groups is 1. The van der Waals surface area contributed by atoms with Gasteiger partial charge >= 0.3 is 30.2 Å². The second kappa shape index (κ2) is 7.78. The summed E-state index contributed by atoms with van der Waals surface area (Å²) in [6.45, 7) is 0. The van der Waals surface area contributed by atoms with Gasteiger partial charge in [0.15, 0.2) is 0 Å². The van der Waals surface area contributed by atoms with Crippen molar-refractivity contribution in [2.75, 3.05) is 5.32 Å². The Morgan fingerprint density at radius 2 is 1.47 bits per heavy atom. The van der Waals surface area contributed by atoms with Gasteiger partial charge in [0, 0.05) is 16.6 Å². The largest absolute Gasteiger partial charge is 0.462 e. The van der Waals surface area contributed by atoms with E-state index < -0.39 is 56.9 Å². The number of ether oxygens (including phenoxy) is 1. The maximum absolute atomic E-state index is 14.1. The number of benzene rings is 1. The molecule has 1 unspecified atom stereocenters. The number of nitro benzene ring substituents is 1. The van der Waals surface area contributed by atoms with Crippen LogP contribution in [0.15, 0.2) is 22.7 Å². The monoisotopic (exact) mass is 528 g/mol. The van der Waals surface area contributed by atoms with Gasteiger partial charge in [-0.15, -0.1) is 0 Å². The number of nitro groups is 1. The molecule has 0 bridgehead atoms. The molecule has 170 valence electrons. The first-order valence-electron chi connectivity index (χ1n) is 6.71. The molecule has 1 aromatic carbocycles. The minimum Gasteiger partial charge on any atom is -0.320 e. The smallest absolute Gasteiger partial charge is 0.320 e. The van der Waals surface area contributed by atoms with E-state index in [4.69, 9.17) is 0 Å². The van der Waals surface area contributed by atoms with E-state index in [1.54, 1.807) is 0 Å². The predicted molar refractivity (Wildman–Crippen MR) is 76.4 cm³/mol. The first-order chi connectivity index (χ1) is 13.2. The van der Waals surface area contributed by atoms with Gasteiger partial charge in [0.05, 0.1) is 10.6 Å². The molecule has 0 saturated heterocycles. The molecule has 6 nitrogen and oxygen atoms in total. The van der Waals surface area contributed by atoms with Gasteiger partial charge in [-0.2, -0.15) is 48.3 Å². The minimum absolute atomic E-state index is 0.472. The van der Waals surface area contributed by atoms with Crippen molar-refractivity contribution >= 4 is 33.2 Å². The number of carbonyl (C=O) groups excluding carboxylic acids is 1. The SMILES string of the molecule is O=C(Nc1ccc([N+](=O)[O-])cc1Br)C(F)(OC(F)(F)C(F)(F)C(F)(F)F)C(F)(F)F. The molecule has 0 aromatic heterocycles. The van der Waals surface area contributed by atoms with Crippen LogP contribution in [0.5, 0.6) is 0 Å². The minimum atomic E-state index is -7.32. The molecule has 30 heavy (non-hydrogen) atoms. The zero-order valence-corrected chi connectivity index (χ0v) is 14.9. The number of nitrogens with zero attached hydrogens (tertiary/aromatic N) is 1. The fourth-order valence-electron chi connectivity index (χ4n) is 1.56. The Morgan fingerprint density at radius 3 is 1.83 bits per heavy atom. The van der Waals surface area contributed by atoms with Crippen molar-refractivity contribution in [2.45, 2.75) is 30.2 Å². The number of anilines is 1. The first-order valence-corrected chi connectivity index (χ1v) is 7.50. The highest BCUT2D eigenvalue weighted by Gasteiger charge is 2.79. The maximum atomic E-state index is 14.1. The van der Waals surface area contributed by atoms with Gasteiger partial charge in [0.2, 0.25) is 0 Å². The predicted octanol–water partition coefficient (Wildman–Crippen LogP) is 5.33. The Hall–Kier alpha value is -2.24. The number of hydrogen-bond donors (Lipinski definition) is 1. The molecule has 0 aliphatic carbocycles. The van der Waals surface area contributed by atoms with Gasteiger partial charge in [0.1, 0.15) is 0 Å². The van der Waals surface area contributed by atoms with Crippen LogP contribution in [-0.2, 0) is 9.53 Å². The molecule has 1 aromatic rings. The summed E-state index contributed by atoms with van der Waals surface area (Å²) in [7, 11) is 0. The van der Waals surface area contributed by atoms with Crippen molar-refractivity contribution in [2.24, 2.45) is 0 Å². The molecular weight excluding hydrogens is 525 g/mol. The Labute approximate surface area is 165 Å². The third kappa shape index (κ3) is 4.73. The molecule has 0 fully saturated rings. The molecule has 0 heterocycles. The molecule has 0 aliphatic heterocycles. The van der Waals surface area contributed by atoms with Crippen LogP contribution in [0.25, 0.3) is 0 Å². The second-order valence-electron chi connectivity index (χ2n) is 5.16. The Kier molecular flexibility index (Phi) is 6.69. The average molecular weight is 529 g/mol. The van der Waals surface area contributed by atoms with E-state index in [0.717, 1.165) is 5.32 Å². The summed E-state index contributed by atoms with van der Waals surface area (Å²) in [4.78, 5) is 21.1. The zero-order valence-electron chi connectivity index (χ0n) is 13.3. The number of halogens is 12. The number of non-ortho nitro benzene ring substituents is 1. The van der Waals surface area contributed by atoms with E-state index in [1.165, 1.54) is 0 Å². The second-order valence-corrected chi connectivity index (χ2v) is 6.01. The van der Waals surface area contributed by atoms with Gasteiger partial charge in [-0.1, -0.05) is 0 Å². The molecule has 0 radical (unpaired) electrons. The van der Waals surface area contributed by atoms with Gasteiger partial charge < -0.3 is 5.32 Å². The highest BCUT2D eigenvalue weighted by molar-refractivity contribution is 9.10. The van der Waals surface area contributed by atoms with Crippen LogP contribution in [0.1, 0.15) is 0 Å². The zero-order chi connectivity index (χ0) is 23.9. The van der Waals surface area contributed by atoms with Crippen LogP contribution < -0.4 is 5.32 Å². The summed E-state index contributed by atoms with van der Waals surface area (Å²) in [6, 6.07) is 1.57. The molecule has 1 atom stereocenters. The molecule has 0 spiro atoms. The van der Waals surface area contributed by atoms with Crippen LogP contribution >= 0.6 is 15.9 Å². The van der Waals surface area contributed by atoms with Gasteiger partial charge in [-0.05, 0) is 22.0 Å². The van der Waals surface area contributed by atoms with E-state index in [9.17, 15) is 63.2 Å². The molecule has 18 heteroatoms. The molecule has 0 aliphatic rings. The quantitative estimate of drug-likeness (QED) is 0.307. The van der Waals surface area contributed by atoms with Crippen LogP contribution in [0.4, 0.5) is 59.7 Å². The number of nitrogens with one attached hydrogen (secondary N) is 1. The summed E-state index contributed by atoms with van der Waals surface area (Å²) in [6.07, 6.45) is -21.2. The number of alkyl halides is 11. The van der Waals surface area contributed by atoms with E-state index in [-0.39, 0.29) is 0 Å². The van der Waals surface area contributed by atoms with Crippen LogP contribution in [0.2, 0.25) is 0 Å². The summed E-state index contributed by atoms with van der Waals surface area (Å²) in [5, 5.41) is 11.5. The third-order valence-electron chi connectivity index (χ3n) is 3.06. The standard InChI is InChI=1S/C12H4BrF11N2O4/c13-5-3-4(26(28)29)1-2-6(5)25-7(27)8(14,10(17,18)19)30-12(23,24)9(15,16)11(20,21)22/h1-3H,(H,25,27). The Morgan fingerprint density at radius 1 is 0.967 bits per heavy atom. The van der Waals surface area contributed by atoms with Crippen molar-refractivity contribution in [1.29, 1.82) is 0 Å². The Balaban J connectivity index is 3.36. The van der Waals surface area contributed by atoms with Crippen LogP contribution in [0.3, 0.4) is 0 Å². The van der Waals surface area contributed by atoms with Crippen molar-refractivity contribution in [3.63, 3.8) is 0 Å². The lowest BCUT2D eigenvalue weighted by molar-refractivity contribution is -0.472. The first kappa shape index (κ1) is 25.8. The number of amides is 1. The average Bonchev–Trinajstić information content (AvgIpc) is 2.53. The molecule has 1 amide bonds. The van der Waals surface area contributed by atoms with Gasteiger partial charge in [-0.25, -0.2) is 0 Å². The van der Waals surface area contributed by atoms with Crippen molar-refractivity contribution in [3.05, 3.63) is 32.8 Å². The lowest BCUT2D eigenvalue weighted by Crippen LogP contribution is -2.62. The maximum Gasteiger partial charge on any atom is 0.462 e. The topological polar surface area (TPSA) is 81.5 Å².